The van der Waals surface area contributed by atoms with Crippen LogP contribution in [0.15, 0.2) is 29.5 Å². The number of hydrogen-bond donors (Lipinski definition) is 2. The number of aromatic nitrogens is 2. The van der Waals surface area contributed by atoms with Crippen LogP contribution in [0.25, 0.3) is 0 Å². The van der Waals surface area contributed by atoms with Crippen LogP contribution in [-0.2, 0) is 13.0 Å². The number of rotatable bonds is 7. The zero-order valence-corrected chi connectivity index (χ0v) is 17.7. The van der Waals surface area contributed by atoms with Gasteiger partial charge in [-0.15, -0.1) is 11.3 Å². The lowest BCUT2D eigenvalue weighted by Gasteiger charge is -2.27. The number of halogens is 3. The van der Waals surface area contributed by atoms with E-state index >= 15 is 0 Å². The summed E-state index contributed by atoms with van der Waals surface area (Å²) in [5.41, 5.74) is 7.34. The second kappa shape index (κ2) is 10.3. The normalized spacial score (nSPS) is 19.8. The molecule has 3 rings (SSSR count). The predicted molar refractivity (Wildman–Crippen MR) is 113 cm³/mol. The van der Waals surface area contributed by atoms with Gasteiger partial charge in [0.25, 0.3) is 0 Å². The highest BCUT2D eigenvalue weighted by Gasteiger charge is 2.31. The number of hydrogen-bond acceptors (Lipinski definition) is 6. The van der Waals surface area contributed by atoms with Gasteiger partial charge in [-0.25, -0.2) is 4.99 Å². The molecule has 30 heavy (non-hydrogen) atoms. The molecular formula is C20H27F3N6S. The Hall–Kier alpha value is -2.04. The Bertz CT molecular complexity index is 824. The van der Waals surface area contributed by atoms with Gasteiger partial charge < -0.3 is 11.1 Å². The molecule has 0 radical (unpaired) electrons. The summed E-state index contributed by atoms with van der Waals surface area (Å²) in [4.78, 5) is 6.72. The summed E-state index contributed by atoms with van der Waals surface area (Å²) < 4.78 is 38.5. The van der Waals surface area contributed by atoms with Gasteiger partial charge in [-0.05, 0) is 50.4 Å². The van der Waals surface area contributed by atoms with E-state index in [2.05, 4.69) is 25.4 Å². The number of thiophene rings is 1. The first-order chi connectivity index (χ1) is 14.4. The molecule has 1 aliphatic heterocycles. The Morgan fingerprint density at radius 3 is 2.90 bits per heavy atom. The maximum atomic E-state index is 12.8. The van der Waals surface area contributed by atoms with E-state index < -0.39 is 12.6 Å². The lowest BCUT2D eigenvalue weighted by atomic mass is 10.1. The van der Waals surface area contributed by atoms with Crippen LogP contribution < -0.4 is 11.1 Å². The fourth-order valence-electron chi connectivity index (χ4n) is 3.79. The molecule has 2 aromatic rings. The van der Waals surface area contributed by atoms with Crippen LogP contribution in [0.3, 0.4) is 0 Å². The third kappa shape index (κ3) is 6.48. The number of alkyl halides is 3. The van der Waals surface area contributed by atoms with Gasteiger partial charge in [0.15, 0.2) is 0 Å². The van der Waals surface area contributed by atoms with E-state index in [1.807, 2.05) is 13.0 Å². The first kappa shape index (κ1) is 22.6. The topological polar surface area (TPSA) is 79.4 Å². The van der Waals surface area contributed by atoms with E-state index in [4.69, 9.17) is 5.73 Å². The lowest BCUT2D eigenvalue weighted by Crippen LogP contribution is -2.31. The summed E-state index contributed by atoms with van der Waals surface area (Å²) in [5, 5.41) is 11.8. The molecule has 2 aromatic heterocycles. The summed E-state index contributed by atoms with van der Waals surface area (Å²) in [6, 6.07) is 3.95. The Morgan fingerprint density at radius 1 is 1.37 bits per heavy atom. The zero-order chi connectivity index (χ0) is 21.6. The highest BCUT2D eigenvalue weighted by molar-refractivity contribution is 7.16. The average Bonchev–Trinajstić information content (AvgIpc) is 2.93. The molecular weight excluding hydrogens is 413 g/mol. The van der Waals surface area contributed by atoms with Gasteiger partial charge in [0.1, 0.15) is 5.00 Å². The summed E-state index contributed by atoms with van der Waals surface area (Å²) >= 11 is 1.07. The smallest absolute Gasteiger partial charge is 0.390 e. The molecule has 0 saturated carbocycles. The number of aliphatic imine (C=N–C) groups is 1. The molecule has 0 spiro atoms. The molecule has 10 heteroatoms. The quantitative estimate of drug-likeness (QED) is 0.503. The molecule has 1 unspecified atom stereocenters. The maximum Gasteiger partial charge on any atom is 0.393 e. The van der Waals surface area contributed by atoms with Gasteiger partial charge in [0.2, 0.25) is 0 Å². The van der Waals surface area contributed by atoms with E-state index in [0.717, 1.165) is 67.7 Å². The van der Waals surface area contributed by atoms with Crippen molar-refractivity contribution in [2.24, 2.45) is 10.7 Å². The molecule has 164 valence electrons. The van der Waals surface area contributed by atoms with Gasteiger partial charge in [0.05, 0.1) is 19.0 Å². The highest BCUT2D eigenvalue weighted by Crippen LogP contribution is 2.39. The van der Waals surface area contributed by atoms with Crippen molar-refractivity contribution >= 4 is 22.7 Å². The number of likely N-dealkylation sites (tertiary alicyclic amines) is 1. The molecule has 6 nitrogen and oxygen atoms in total. The van der Waals surface area contributed by atoms with Crippen molar-refractivity contribution in [2.45, 2.75) is 57.4 Å². The number of nitrogens with zero attached hydrogens (tertiary/aromatic N) is 4. The Kier molecular flexibility index (Phi) is 7.79. The molecule has 0 bridgehead atoms. The van der Waals surface area contributed by atoms with Gasteiger partial charge >= 0.3 is 6.18 Å². The molecule has 2 atom stereocenters. The molecule has 1 fully saturated rings. The number of nitrogens with two attached hydrogens (primary N) is 1. The van der Waals surface area contributed by atoms with Crippen LogP contribution in [0.5, 0.6) is 0 Å². The van der Waals surface area contributed by atoms with Gasteiger partial charge in [0, 0.05) is 41.8 Å². The summed E-state index contributed by atoms with van der Waals surface area (Å²) in [7, 11) is 0. The molecule has 3 heterocycles. The van der Waals surface area contributed by atoms with Gasteiger partial charge in [-0.1, -0.05) is 0 Å². The van der Waals surface area contributed by atoms with Crippen molar-refractivity contribution in [3.8, 4) is 0 Å². The monoisotopic (exact) mass is 440 g/mol. The van der Waals surface area contributed by atoms with Crippen molar-refractivity contribution in [1.29, 1.82) is 0 Å². The lowest BCUT2D eigenvalue weighted by molar-refractivity contribution is -0.126. The van der Waals surface area contributed by atoms with Crippen molar-refractivity contribution in [2.75, 3.05) is 13.1 Å². The molecule has 0 amide bonds. The SMILES string of the molecule is CC(c1cc(CC(F)(F)F)sc1N=CN)N1CCC[C@@H](NCc2ccnnc2)CC1. The second-order valence-electron chi connectivity index (χ2n) is 7.51. The molecule has 1 saturated heterocycles. The number of nitrogens with one attached hydrogen (secondary N) is 1. The summed E-state index contributed by atoms with van der Waals surface area (Å²) in [5.74, 6) is 0. The van der Waals surface area contributed by atoms with Crippen LogP contribution in [0.2, 0.25) is 0 Å². The Balaban J connectivity index is 1.63. The van der Waals surface area contributed by atoms with Crippen LogP contribution in [0.1, 0.15) is 48.2 Å². The van der Waals surface area contributed by atoms with Crippen molar-refractivity contribution in [3.63, 3.8) is 0 Å². The highest BCUT2D eigenvalue weighted by atomic mass is 32.1. The van der Waals surface area contributed by atoms with Crippen LogP contribution in [0, 0.1) is 0 Å². The van der Waals surface area contributed by atoms with Crippen LogP contribution in [-0.4, -0.2) is 46.7 Å². The van der Waals surface area contributed by atoms with E-state index in [1.54, 1.807) is 18.5 Å². The minimum atomic E-state index is -4.24. The predicted octanol–water partition coefficient (Wildman–Crippen LogP) is 3.97. The third-order valence-electron chi connectivity index (χ3n) is 5.36. The minimum absolute atomic E-state index is 0.0231. The van der Waals surface area contributed by atoms with Crippen molar-refractivity contribution in [3.05, 3.63) is 40.5 Å². The van der Waals surface area contributed by atoms with Crippen molar-refractivity contribution < 1.29 is 13.2 Å². The first-order valence-electron chi connectivity index (χ1n) is 10.0. The molecule has 0 aliphatic carbocycles. The minimum Gasteiger partial charge on any atom is -0.390 e. The van der Waals surface area contributed by atoms with Crippen LogP contribution >= 0.6 is 11.3 Å². The van der Waals surface area contributed by atoms with Crippen molar-refractivity contribution in [1.82, 2.24) is 20.4 Å². The standard InChI is InChI=1S/C20H27F3N6S/c1-14(18-9-17(10-20(21,22)23)30-19(18)26-13-24)29-7-2-3-16(5-8-29)25-11-15-4-6-27-28-12-15/h4,6,9,12-14,16,25H,2-3,5,7-8,10-11H2,1H3,(H2,24,26)/t14?,16-/m1/s1. The van der Waals surface area contributed by atoms with E-state index in [1.165, 1.54) is 0 Å². The third-order valence-corrected chi connectivity index (χ3v) is 6.42. The summed E-state index contributed by atoms with van der Waals surface area (Å²) in [6.45, 7) is 4.54. The summed E-state index contributed by atoms with van der Waals surface area (Å²) in [6.07, 6.45) is 2.46. The maximum absolute atomic E-state index is 12.8. The Morgan fingerprint density at radius 2 is 2.20 bits per heavy atom. The molecule has 1 aliphatic rings. The van der Waals surface area contributed by atoms with E-state index in [9.17, 15) is 13.2 Å². The van der Waals surface area contributed by atoms with E-state index in [0.29, 0.717) is 11.0 Å². The fraction of sp³-hybridized carbons (Fsp3) is 0.550. The average molecular weight is 441 g/mol. The van der Waals surface area contributed by atoms with Gasteiger partial charge in [-0.2, -0.15) is 23.4 Å². The van der Waals surface area contributed by atoms with Crippen LogP contribution in [0.4, 0.5) is 18.2 Å². The van der Waals surface area contributed by atoms with E-state index in [-0.39, 0.29) is 10.9 Å². The second-order valence-corrected chi connectivity index (χ2v) is 8.63. The zero-order valence-electron chi connectivity index (χ0n) is 16.9. The molecule has 0 aromatic carbocycles. The fourth-order valence-corrected chi connectivity index (χ4v) is 4.92. The Labute approximate surface area is 178 Å². The van der Waals surface area contributed by atoms with Gasteiger partial charge in [-0.3, -0.25) is 4.90 Å². The first-order valence-corrected chi connectivity index (χ1v) is 10.8. The largest absolute Gasteiger partial charge is 0.393 e. The molecule has 3 N–H and O–H groups in total.